The molecule has 7 nitrogen and oxygen atoms in total. The van der Waals surface area contributed by atoms with Crippen LogP contribution in [0.25, 0.3) is 5.69 Å². The van der Waals surface area contributed by atoms with Crippen molar-refractivity contribution in [2.24, 2.45) is 13.0 Å². The van der Waals surface area contributed by atoms with Crippen LogP contribution in [-0.4, -0.2) is 30.7 Å². The van der Waals surface area contributed by atoms with E-state index in [1.807, 2.05) is 49.8 Å². The summed E-state index contributed by atoms with van der Waals surface area (Å²) in [7, 11) is 1.87. The molecule has 0 N–H and O–H groups in total. The number of aryl methyl sites for hydroxylation is 1. The Morgan fingerprint density at radius 3 is 2.83 bits per heavy atom. The maximum absolute atomic E-state index is 12.1. The van der Waals surface area contributed by atoms with Crippen LogP contribution in [0.4, 0.5) is 0 Å². The molecule has 0 aliphatic heterocycles. The first-order chi connectivity index (χ1) is 11.7. The third-order valence-electron chi connectivity index (χ3n) is 4.13. The van der Waals surface area contributed by atoms with Gasteiger partial charge in [-0.2, -0.15) is 15.0 Å². The Hall–Kier alpha value is -2.96. The molecular formula is C17H17N5O2. The second-order valence-corrected chi connectivity index (χ2v) is 5.96. The van der Waals surface area contributed by atoms with Gasteiger partial charge >= 0.3 is 5.97 Å². The minimum atomic E-state index is -0.182. The number of carbonyl (C=O) groups is 1. The highest BCUT2D eigenvalue weighted by atomic mass is 16.5. The number of esters is 1. The Bertz CT molecular complexity index is 855. The molecule has 7 heteroatoms. The Morgan fingerprint density at radius 2 is 2.08 bits per heavy atom. The van der Waals surface area contributed by atoms with Crippen molar-refractivity contribution in [3.8, 4) is 5.69 Å². The molecule has 4 rings (SSSR count). The highest BCUT2D eigenvalue weighted by Crippen LogP contribution is 2.48. The molecule has 0 spiro atoms. The molecule has 3 aromatic rings. The molecule has 0 saturated heterocycles. The van der Waals surface area contributed by atoms with Crippen molar-refractivity contribution < 1.29 is 9.53 Å². The lowest BCUT2D eigenvalue weighted by atomic mass is 10.2. The van der Waals surface area contributed by atoms with Crippen molar-refractivity contribution in [1.82, 2.24) is 24.8 Å². The predicted octanol–water partition coefficient (Wildman–Crippen LogP) is 1.85. The van der Waals surface area contributed by atoms with Gasteiger partial charge in [-0.05, 0) is 24.1 Å². The summed E-state index contributed by atoms with van der Waals surface area (Å²) in [5.74, 6) is -0.0253. The molecule has 122 valence electrons. The monoisotopic (exact) mass is 323 g/mol. The fraction of sp³-hybridized carbons (Fsp3) is 0.294. The summed E-state index contributed by atoms with van der Waals surface area (Å²) < 4.78 is 7.13. The molecule has 1 saturated carbocycles. The van der Waals surface area contributed by atoms with Gasteiger partial charge in [0, 0.05) is 19.2 Å². The normalized spacial score (nSPS) is 19.2. The quantitative estimate of drug-likeness (QED) is 0.670. The smallest absolute Gasteiger partial charge is 0.309 e. The molecule has 2 aromatic heterocycles. The van der Waals surface area contributed by atoms with Crippen LogP contribution < -0.4 is 0 Å². The van der Waals surface area contributed by atoms with E-state index in [-0.39, 0.29) is 24.4 Å². The first-order valence-electron chi connectivity index (χ1n) is 7.82. The van der Waals surface area contributed by atoms with Crippen molar-refractivity contribution in [3.05, 3.63) is 60.2 Å². The molecule has 2 atom stereocenters. The maximum atomic E-state index is 12.1. The first-order valence-corrected chi connectivity index (χ1v) is 7.82. The van der Waals surface area contributed by atoms with E-state index in [0.29, 0.717) is 5.69 Å². The van der Waals surface area contributed by atoms with Crippen molar-refractivity contribution in [2.75, 3.05) is 0 Å². The van der Waals surface area contributed by atoms with E-state index in [2.05, 4.69) is 15.3 Å². The number of rotatable bonds is 5. The predicted molar refractivity (Wildman–Crippen MR) is 85.2 cm³/mol. The van der Waals surface area contributed by atoms with Gasteiger partial charge in [0.2, 0.25) is 0 Å². The molecule has 2 heterocycles. The maximum Gasteiger partial charge on any atom is 0.309 e. The van der Waals surface area contributed by atoms with Gasteiger partial charge in [0.1, 0.15) is 12.3 Å². The number of ether oxygens (including phenoxy) is 1. The van der Waals surface area contributed by atoms with Crippen molar-refractivity contribution >= 4 is 5.97 Å². The lowest BCUT2D eigenvalue weighted by molar-refractivity contribution is -0.146. The Labute approximate surface area is 138 Å². The minimum absolute atomic E-state index is 0.0710. The van der Waals surface area contributed by atoms with Crippen LogP contribution in [0.3, 0.4) is 0 Å². The molecule has 1 aromatic carbocycles. The number of para-hydroxylation sites is 1. The van der Waals surface area contributed by atoms with Crippen LogP contribution in [0.5, 0.6) is 0 Å². The summed E-state index contributed by atoms with van der Waals surface area (Å²) in [5.41, 5.74) is 2.59. The van der Waals surface area contributed by atoms with E-state index >= 15 is 0 Å². The Morgan fingerprint density at radius 1 is 1.25 bits per heavy atom. The van der Waals surface area contributed by atoms with Crippen molar-refractivity contribution in [2.45, 2.75) is 18.9 Å². The Kier molecular flexibility index (Phi) is 3.60. The number of nitrogens with zero attached hydrogens (tertiary/aromatic N) is 5. The van der Waals surface area contributed by atoms with Crippen LogP contribution in [0.15, 0.2) is 48.9 Å². The van der Waals surface area contributed by atoms with Crippen molar-refractivity contribution in [1.29, 1.82) is 0 Å². The second-order valence-electron chi connectivity index (χ2n) is 5.96. The van der Waals surface area contributed by atoms with Crippen LogP contribution in [0, 0.1) is 5.92 Å². The summed E-state index contributed by atoms with van der Waals surface area (Å²) in [5, 5.41) is 12.7. The standard InChI is InChI=1S/C17H17N5O2/c1-21-10-12(8-18-21)15-7-16(15)17(23)24-11-13-9-19-22(20-13)14-5-3-2-4-6-14/h2-6,8-10,15-16H,7,11H2,1H3/t15-,16-/m0/s1. The summed E-state index contributed by atoms with van der Waals surface area (Å²) in [6.45, 7) is 0.141. The first kappa shape index (κ1) is 14.6. The fourth-order valence-corrected chi connectivity index (χ4v) is 2.75. The average molecular weight is 323 g/mol. The highest BCUT2D eigenvalue weighted by molar-refractivity contribution is 5.77. The number of carbonyl (C=O) groups excluding carboxylic acids is 1. The average Bonchev–Trinajstić information content (AvgIpc) is 3.05. The summed E-state index contributed by atoms with van der Waals surface area (Å²) in [6.07, 6.45) is 6.19. The van der Waals surface area contributed by atoms with Gasteiger partial charge in [0.05, 0.1) is 24.0 Å². The minimum Gasteiger partial charge on any atom is -0.459 e. The zero-order valence-corrected chi connectivity index (χ0v) is 13.2. The number of aromatic nitrogens is 5. The molecular weight excluding hydrogens is 306 g/mol. The molecule has 24 heavy (non-hydrogen) atoms. The van der Waals surface area contributed by atoms with Gasteiger partial charge in [0.15, 0.2) is 0 Å². The van der Waals surface area contributed by atoms with Gasteiger partial charge in [-0.1, -0.05) is 18.2 Å². The third kappa shape index (κ3) is 2.92. The van der Waals surface area contributed by atoms with E-state index < -0.39 is 0 Å². The van der Waals surface area contributed by atoms with Gasteiger partial charge in [-0.25, -0.2) is 0 Å². The molecule has 0 bridgehead atoms. The lowest BCUT2D eigenvalue weighted by Crippen LogP contribution is -2.08. The summed E-state index contributed by atoms with van der Waals surface area (Å²) in [4.78, 5) is 13.7. The Balaban J connectivity index is 1.33. The van der Waals surface area contributed by atoms with Gasteiger partial charge < -0.3 is 4.74 Å². The van der Waals surface area contributed by atoms with Crippen LogP contribution in [0.1, 0.15) is 23.6 Å². The van der Waals surface area contributed by atoms with E-state index in [9.17, 15) is 4.79 Å². The number of hydrogen-bond acceptors (Lipinski definition) is 5. The van der Waals surface area contributed by atoms with E-state index in [4.69, 9.17) is 4.74 Å². The molecule has 1 aliphatic carbocycles. The molecule has 0 amide bonds. The summed E-state index contributed by atoms with van der Waals surface area (Å²) >= 11 is 0. The van der Waals surface area contributed by atoms with E-state index in [0.717, 1.165) is 17.7 Å². The van der Waals surface area contributed by atoms with Crippen molar-refractivity contribution in [3.63, 3.8) is 0 Å². The largest absolute Gasteiger partial charge is 0.459 e. The zero-order chi connectivity index (χ0) is 16.5. The third-order valence-corrected chi connectivity index (χ3v) is 4.13. The zero-order valence-electron chi connectivity index (χ0n) is 13.2. The fourth-order valence-electron chi connectivity index (χ4n) is 2.75. The van der Waals surface area contributed by atoms with Crippen LogP contribution in [-0.2, 0) is 23.2 Å². The molecule has 1 aliphatic rings. The molecule has 0 unspecified atom stereocenters. The van der Waals surface area contributed by atoms with E-state index in [1.165, 1.54) is 4.80 Å². The topological polar surface area (TPSA) is 74.8 Å². The SMILES string of the molecule is Cn1cc([C@@H]2C[C@@H]2C(=O)OCc2cnn(-c3ccccc3)n2)cn1. The molecule has 1 fully saturated rings. The number of benzene rings is 1. The van der Waals surface area contributed by atoms with Gasteiger partial charge in [-0.3, -0.25) is 9.48 Å². The van der Waals surface area contributed by atoms with E-state index in [1.54, 1.807) is 10.9 Å². The summed E-state index contributed by atoms with van der Waals surface area (Å²) in [6, 6.07) is 9.61. The van der Waals surface area contributed by atoms with Gasteiger partial charge in [0.25, 0.3) is 0 Å². The highest BCUT2D eigenvalue weighted by Gasteiger charge is 2.45. The second kappa shape index (κ2) is 5.92. The van der Waals surface area contributed by atoms with Crippen LogP contribution >= 0.6 is 0 Å². The van der Waals surface area contributed by atoms with Gasteiger partial charge in [-0.15, -0.1) is 5.10 Å². The lowest BCUT2D eigenvalue weighted by Gasteiger charge is -2.01. The molecule has 0 radical (unpaired) electrons. The number of hydrogen-bond donors (Lipinski definition) is 0. The van der Waals surface area contributed by atoms with Crippen LogP contribution in [0.2, 0.25) is 0 Å².